The van der Waals surface area contributed by atoms with Gasteiger partial charge in [-0.25, -0.2) is 9.30 Å². The van der Waals surface area contributed by atoms with Crippen molar-refractivity contribution in [3.05, 3.63) is 95.2 Å². The molecule has 0 saturated carbocycles. The molecule has 150 valence electrons. The Kier molecular flexibility index (Phi) is 5.55. The van der Waals surface area contributed by atoms with Crippen LogP contribution >= 0.6 is 11.6 Å². The third-order valence-electron chi connectivity index (χ3n) is 4.87. The highest BCUT2D eigenvalue weighted by atomic mass is 35.5. The molecule has 0 aliphatic carbocycles. The Bertz CT molecular complexity index is 1190. The van der Waals surface area contributed by atoms with Crippen LogP contribution in [-0.2, 0) is 11.3 Å². The molecule has 0 radical (unpaired) electrons. The van der Waals surface area contributed by atoms with Crippen LogP contribution in [0.2, 0.25) is 5.02 Å². The van der Waals surface area contributed by atoms with Crippen molar-refractivity contribution in [3.63, 3.8) is 0 Å². The van der Waals surface area contributed by atoms with Crippen LogP contribution in [0, 0.1) is 5.21 Å². The molecule has 0 aliphatic heterocycles. The second-order valence-corrected chi connectivity index (χ2v) is 7.29. The third-order valence-corrected chi connectivity index (χ3v) is 5.11. The first-order chi connectivity index (χ1) is 14.6. The molecule has 0 saturated heterocycles. The van der Waals surface area contributed by atoms with Gasteiger partial charge < -0.3 is 10.3 Å². The predicted molar refractivity (Wildman–Crippen MR) is 117 cm³/mol. The zero-order valence-electron chi connectivity index (χ0n) is 16.0. The van der Waals surface area contributed by atoms with Crippen molar-refractivity contribution in [3.8, 4) is 33.9 Å². The average Bonchev–Trinajstić information content (AvgIpc) is 3.05. The molecule has 0 spiro atoms. The monoisotopic (exact) mass is 418 g/mol. The second kappa shape index (κ2) is 8.43. The predicted octanol–water partition coefficient (Wildman–Crippen LogP) is 5.25. The molecular formula is C24H19ClN2O3. The largest absolute Gasteiger partial charge is 0.710 e. The fourth-order valence-corrected chi connectivity index (χ4v) is 3.80. The van der Waals surface area contributed by atoms with Crippen molar-refractivity contribution in [1.29, 1.82) is 0 Å². The van der Waals surface area contributed by atoms with Gasteiger partial charge in [0.15, 0.2) is 11.4 Å². The minimum absolute atomic E-state index is 0.115. The summed E-state index contributed by atoms with van der Waals surface area (Å²) < 4.78 is 2.66. The van der Waals surface area contributed by atoms with Crippen molar-refractivity contribution < 1.29 is 14.6 Å². The summed E-state index contributed by atoms with van der Waals surface area (Å²) in [5.74, 6) is -0.574. The number of aliphatic carboxylic acids is 1. The zero-order chi connectivity index (χ0) is 21.1. The molecule has 4 rings (SSSR count). The Hall–Kier alpha value is -3.57. The first kappa shape index (κ1) is 19.7. The highest BCUT2D eigenvalue weighted by Gasteiger charge is 2.31. The lowest BCUT2D eigenvalue weighted by Gasteiger charge is -2.08. The number of benzene rings is 3. The van der Waals surface area contributed by atoms with Gasteiger partial charge >= 0.3 is 5.97 Å². The molecule has 0 bridgehead atoms. The molecule has 1 N–H and O–H groups in total. The number of hydrogen-bond acceptors (Lipinski definition) is 2. The summed E-state index contributed by atoms with van der Waals surface area (Å²) in [4.78, 5) is 11.4. The second-order valence-electron chi connectivity index (χ2n) is 6.85. The Morgan fingerprint density at radius 1 is 0.900 bits per heavy atom. The fourth-order valence-electron chi connectivity index (χ4n) is 3.61. The van der Waals surface area contributed by atoms with Gasteiger partial charge in [-0.15, -0.1) is 0 Å². The SMILES string of the molecule is O=C(O)CCn1c(-c2ccccc2)c(-c2ccccc2)[n+]([O-])c1-c1cccc(Cl)c1. The average molecular weight is 419 g/mol. The summed E-state index contributed by atoms with van der Waals surface area (Å²) in [7, 11) is 0. The van der Waals surface area contributed by atoms with E-state index in [0.29, 0.717) is 27.8 Å². The molecule has 1 aromatic heterocycles. The van der Waals surface area contributed by atoms with E-state index in [9.17, 15) is 15.1 Å². The maximum Gasteiger partial charge on any atom is 0.307 e. The van der Waals surface area contributed by atoms with Gasteiger partial charge in [0.2, 0.25) is 0 Å². The number of carbonyl (C=O) groups is 1. The first-order valence-corrected chi connectivity index (χ1v) is 9.88. The lowest BCUT2D eigenvalue weighted by molar-refractivity contribution is -0.581. The molecule has 6 heteroatoms. The normalized spacial score (nSPS) is 10.8. The van der Waals surface area contributed by atoms with E-state index in [1.165, 1.54) is 0 Å². The van der Waals surface area contributed by atoms with Gasteiger partial charge in [0.1, 0.15) is 6.54 Å². The first-order valence-electron chi connectivity index (χ1n) is 9.51. The molecule has 4 aromatic rings. The fraction of sp³-hybridized carbons (Fsp3) is 0.0833. The van der Waals surface area contributed by atoms with Crippen LogP contribution in [0.3, 0.4) is 0 Å². The minimum Gasteiger partial charge on any atom is -0.710 e. The van der Waals surface area contributed by atoms with E-state index in [1.54, 1.807) is 28.8 Å². The van der Waals surface area contributed by atoms with Gasteiger partial charge in [0.25, 0.3) is 5.82 Å². The Labute approximate surface area is 179 Å². The Balaban J connectivity index is 2.07. The standard InChI is InChI=1S/C24H19ClN2O3/c25-20-13-7-12-19(16-20)24-26(15-14-21(28)29)22(17-8-3-1-4-9-17)23(27(24)30)18-10-5-2-6-11-18/h1-13,16H,14-15H2,(H,28,29). The van der Waals surface area contributed by atoms with E-state index < -0.39 is 5.97 Å². The van der Waals surface area contributed by atoms with Gasteiger partial charge in [-0.1, -0.05) is 78.3 Å². The minimum atomic E-state index is -0.932. The summed E-state index contributed by atoms with van der Waals surface area (Å²) in [6.07, 6.45) is -0.115. The molecule has 0 atom stereocenters. The van der Waals surface area contributed by atoms with Crippen molar-refractivity contribution in [2.24, 2.45) is 0 Å². The van der Waals surface area contributed by atoms with Crippen molar-refractivity contribution in [1.82, 2.24) is 4.57 Å². The van der Waals surface area contributed by atoms with Crippen LogP contribution in [0.25, 0.3) is 33.9 Å². The van der Waals surface area contributed by atoms with Gasteiger partial charge in [-0.3, -0.25) is 4.79 Å². The summed E-state index contributed by atoms with van der Waals surface area (Å²) in [6.45, 7) is 0.149. The molecule has 0 aliphatic rings. The Morgan fingerprint density at radius 2 is 1.50 bits per heavy atom. The summed E-state index contributed by atoms with van der Waals surface area (Å²) >= 11 is 6.19. The molecule has 0 fully saturated rings. The van der Waals surface area contributed by atoms with Crippen LogP contribution < -0.4 is 4.73 Å². The van der Waals surface area contributed by atoms with E-state index >= 15 is 0 Å². The highest BCUT2D eigenvalue weighted by Crippen LogP contribution is 2.35. The number of halogens is 1. The van der Waals surface area contributed by atoms with E-state index in [4.69, 9.17) is 11.6 Å². The van der Waals surface area contributed by atoms with E-state index in [0.717, 1.165) is 15.9 Å². The van der Waals surface area contributed by atoms with E-state index in [1.807, 2.05) is 60.7 Å². The third kappa shape index (κ3) is 3.80. The van der Waals surface area contributed by atoms with Crippen LogP contribution in [0.15, 0.2) is 84.9 Å². The lowest BCUT2D eigenvalue weighted by Crippen LogP contribution is -2.30. The van der Waals surface area contributed by atoms with Crippen molar-refractivity contribution in [2.45, 2.75) is 13.0 Å². The molecule has 5 nitrogen and oxygen atoms in total. The maximum atomic E-state index is 13.6. The van der Waals surface area contributed by atoms with Crippen LogP contribution in [-0.4, -0.2) is 15.6 Å². The number of nitrogens with zero attached hydrogens (tertiary/aromatic N) is 2. The summed E-state index contributed by atoms with van der Waals surface area (Å²) in [5.41, 5.74) is 3.36. The number of carboxylic acids is 1. The quantitative estimate of drug-likeness (QED) is 0.343. The summed E-state index contributed by atoms with van der Waals surface area (Å²) in [6, 6.07) is 25.9. The number of imidazole rings is 1. The molecule has 0 unspecified atom stereocenters. The number of aromatic nitrogens is 2. The Morgan fingerprint density at radius 3 is 2.10 bits per heavy atom. The van der Waals surface area contributed by atoms with Gasteiger partial charge in [0, 0.05) is 16.1 Å². The lowest BCUT2D eigenvalue weighted by atomic mass is 10.0. The van der Waals surface area contributed by atoms with Gasteiger partial charge in [-0.2, -0.15) is 0 Å². The molecule has 3 aromatic carbocycles. The highest BCUT2D eigenvalue weighted by molar-refractivity contribution is 6.30. The van der Waals surface area contributed by atoms with Crippen LogP contribution in [0.1, 0.15) is 6.42 Å². The number of rotatable bonds is 6. The van der Waals surface area contributed by atoms with E-state index in [2.05, 4.69) is 0 Å². The zero-order valence-corrected chi connectivity index (χ0v) is 16.8. The van der Waals surface area contributed by atoms with Crippen molar-refractivity contribution >= 4 is 17.6 Å². The van der Waals surface area contributed by atoms with Crippen molar-refractivity contribution in [2.75, 3.05) is 0 Å². The smallest absolute Gasteiger partial charge is 0.307 e. The molecule has 1 heterocycles. The van der Waals surface area contributed by atoms with Gasteiger partial charge in [-0.05, 0) is 18.2 Å². The maximum absolute atomic E-state index is 13.6. The van der Waals surface area contributed by atoms with Crippen LogP contribution in [0.5, 0.6) is 0 Å². The molecule has 30 heavy (non-hydrogen) atoms. The van der Waals surface area contributed by atoms with Crippen LogP contribution in [0.4, 0.5) is 0 Å². The topological polar surface area (TPSA) is 69.2 Å². The van der Waals surface area contributed by atoms with E-state index in [-0.39, 0.29) is 13.0 Å². The number of hydrogen-bond donors (Lipinski definition) is 1. The summed E-state index contributed by atoms with van der Waals surface area (Å²) in [5, 5.41) is 23.5. The molecular weight excluding hydrogens is 400 g/mol. The van der Waals surface area contributed by atoms with Gasteiger partial charge in [0.05, 0.1) is 12.0 Å². The number of carboxylic acid groups (broad SMARTS) is 1. The molecule has 0 amide bonds.